The first-order valence-corrected chi connectivity index (χ1v) is 9.34. The van der Waals surface area contributed by atoms with Gasteiger partial charge >= 0.3 is 0 Å². The van der Waals surface area contributed by atoms with Gasteiger partial charge in [0, 0.05) is 17.4 Å². The van der Waals surface area contributed by atoms with E-state index in [4.69, 9.17) is 5.73 Å². The summed E-state index contributed by atoms with van der Waals surface area (Å²) in [5.41, 5.74) is 11.0. The molecule has 5 nitrogen and oxygen atoms in total. The summed E-state index contributed by atoms with van der Waals surface area (Å²) in [4.78, 5) is 26.3. The van der Waals surface area contributed by atoms with E-state index in [1.807, 2.05) is 44.2 Å². The lowest BCUT2D eigenvalue weighted by atomic mass is 10.1. The number of amides is 1. The number of nitrogens with one attached hydrogen (secondary N) is 1. The normalized spacial score (nSPS) is 10.8. The number of benzene rings is 2. The smallest absolute Gasteiger partial charge is 0.259 e. The number of aryl methyl sites for hydroxylation is 2. The van der Waals surface area contributed by atoms with Gasteiger partial charge < -0.3 is 15.5 Å². The second kappa shape index (κ2) is 7.28. The molecule has 0 fully saturated rings. The standard InChI is InChI=1S/C24H21N3O2/c1-15-11-12-16(2)18(14-15)26-24(29)20-19-10-6-7-13-27(19)22(21(20)25)23(28)17-8-4-3-5-9-17/h3-14H,25H2,1-2H3,(H,26,29). The lowest BCUT2D eigenvalue weighted by molar-refractivity contribution is 0.102. The van der Waals surface area contributed by atoms with Crippen LogP contribution in [0.3, 0.4) is 0 Å². The Balaban J connectivity index is 1.83. The fourth-order valence-corrected chi connectivity index (χ4v) is 3.48. The van der Waals surface area contributed by atoms with Crippen molar-refractivity contribution in [1.29, 1.82) is 0 Å². The number of carbonyl (C=O) groups excluding carboxylic acids is 2. The highest BCUT2D eigenvalue weighted by atomic mass is 16.2. The van der Waals surface area contributed by atoms with Crippen LogP contribution in [0.15, 0.2) is 72.9 Å². The van der Waals surface area contributed by atoms with Crippen LogP contribution in [0.25, 0.3) is 5.52 Å². The average Bonchev–Trinajstić information content (AvgIpc) is 3.02. The number of ketones is 1. The molecule has 0 radical (unpaired) electrons. The Morgan fingerprint density at radius 2 is 1.66 bits per heavy atom. The van der Waals surface area contributed by atoms with Crippen LogP contribution < -0.4 is 11.1 Å². The summed E-state index contributed by atoms with van der Waals surface area (Å²) in [5.74, 6) is -0.568. The Morgan fingerprint density at radius 3 is 2.41 bits per heavy atom. The number of rotatable bonds is 4. The molecule has 3 N–H and O–H groups in total. The minimum Gasteiger partial charge on any atom is -0.396 e. The third-order valence-corrected chi connectivity index (χ3v) is 5.00. The van der Waals surface area contributed by atoms with Gasteiger partial charge in [-0.25, -0.2) is 0 Å². The molecule has 0 aliphatic carbocycles. The summed E-state index contributed by atoms with van der Waals surface area (Å²) in [6, 6.07) is 20.2. The number of carbonyl (C=O) groups is 2. The molecule has 0 bridgehead atoms. The molecule has 2 aromatic carbocycles. The number of hydrogen-bond donors (Lipinski definition) is 2. The largest absolute Gasteiger partial charge is 0.396 e. The zero-order valence-electron chi connectivity index (χ0n) is 16.3. The van der Waals surface area contributed by atoms with Crippen molar-refractivity contribution in [3.05, 3.63) is 101 Å². The van der Waals surface area contributed by atoms with Crippen LogP contribution in [0.4, 0.5) is 11.4 Å². The van der Waals surface area contributed by atoms with Crippen molar-refractivity contribution in [3.8, 4) is 0 Å². The minimum absolute atomic E-state index is 0.174. The van der Waals surface area contributed by atoms with Crippen molar-refractivity contribution in [3.63, 3.8) is 0 Å². The molecule has 0 saturated heterocycles. The Hall–Kier alpha value is -3.86. The average molecular weight is 383 g/mol. The fraction of sp³-hybridized carbons (Fsp3) is 0.0833. The molecular formula is C24H21N3O2. The maximum absolute atomic E-state index is 13.2. The lowest BCUT2D eigenvalue weighted by Gasteiger charge is -2.09. The quantitative estimate of drug-likeness (QED) is 0.505. The van der Waals surface area contributed by atoms with Crippen LogP contribution in [0, 0.1) is 13.8 Å². The van der Waals surface area contributed by atoms with Crippen LogP contribution in [0.5, 0.6) is 0 Å². The molecule has 4 aromatic rings. The summed E-state index contributed by atoms with van der Waals surface area (Å²) in [5, 5.41) is 2.95. The van der Waals surface area contributed by atoms with Gasteiger partial charge in [-0.2, -0.15) is 0 Å². The van der Waals surface area contributed by atoms with Gasteiger partial charge in [0.15, 0.2) is 0 Å². The van der Waals surface area contributed by atoms with Gasteiger partial charge in [0.05, 0.1) is 16.8 Å². The molecule has 1 amide bonds. The summed E-state index contributed by atoms with van der Waals surface area (Å²) in [6.07, 6.45) is 1.75. The summed E-state index contributed by atoms with van der Waals surface area (Å²) < 4.78 is 1.68. The van der Waals surface area contributed by atoms with Crippen molar-refractivity contribution in [1.82, 2.24) is 4.40 Å². The number of nitrogens with two attached hydrogens (primary N) is 1. The zero-order chi connectivity index (χ0) is 20.5. The van der Waals surface area contributed by atoms with E-state index in [0.29, 0.717) is 16.6 Å². The first kappa shape index (κ1) is 18.5. The Bertz CT molecular complexity index is 1240. The fourth-order valence-electron chi connectivity index (χ4n) is 3.48. The molecule has 5 heteroatoms. The molecule has 0 spiro atoms. The number of pyridine rings is 1. The van der Waals surface area contributed by atoms with E-state index >= 15 is 0 Å². The molecule has 2 heterocycles. The molecule has 144 valence electrons. The third-order valence-electron chi connectivity index (χ3n) is 5.00. The third kappa shape index (κ3) is 3.27. The number of anilines is 2. The summed E-state index contributed by atoms with van der Waals surface area (Å²) >= 11 is 0. The first-order valence-electron chi connectivity index (χ1n) is 9.34. The number of hydrogen-bond acceptors (Lipinski definition) is 3. The summed E-state index contributed by atoms with van der Waals surface area (Å²) in [6.45, 7) is 3.90. The van der Waals surface area contributed by atoms with Gasteiger partial charge in [-0.15, -0.1) is 0 Å². The molecule has 0 atom stereocenters. The van der Waals surface area contributed by atoms with Gasteiger partial charge in [-0.1, -0.05) is 48.5 Å². The Kier molecular flexibility index (Phi) is 4.64. The van der Waals surface area contributed by atoms with Crippen LogP contribution in [-0.2, 0) is 0 Å². The topological polar surface area (TPSA) is 76.6 Å². The van der Waals surface area contributed by atoms with Gasteiger partial charge in [-0.05, 0) is 43.2 Å². The molecule has 0 saturated carbocycles. The van der Waals surface area contributed by atoms with Crippen molar-refractivity contribution in [2.75, 3.05) is 11.1 Å². The van der Waals surface area contributed by atoms with Gasteiger partial charge in [0.25, 0.3) is 5.91 Å². The van der Waals surface area contributed by atoms with Crippen LogP contribution in [0.2, 0.25) is 0 Å². The second-order valence-electron chi connectivity index (χ2n) is 7.06. The van der Waals surface area contributed by atoms with E-state index in [-0.39, 0.29) is 23.1 Å². The van der Waals surface area contributed by atoms with Crippen molar-refractivity contribution < 1.29 is 9.59 Å². The maximum atomic E-state index is 13.2. The van der Waals surface area contributed by atoms with E-state index in [1.54, 1.807) is 47.0 Å². The highest BCUT2D eigenvalue weighted by molar-refractivity contribution is 6.20. The molecule has 2 aromatic heterocycles. The van der Waals surface area contributed by atoms with Crippen LogP contribution in [-0.4, -0.2) is 16.1 Å². The van der Waals surface area contributed by atoms with Gasteiger partial charge in [0.2, 0.25) is 5.78 Å². The number of aromatic nitrogens is 1. The van der Waals surface area contributed by atoms with Crippen LogP contribution >= 0.6 is 0 Å². The minimum atomic E-state index is -0.341. The second-order valence-corrected chi connectivity index (χ2v) is 7.06. The Morgan fingerprint density at radius 1 is 0.931 bits per heavy atom. The van der Waals surface area contributed by atoms with Crippen molar-refractivity contribution in [2.24, 2.45) is 0 Å². The predicted octanol–water partition coefficient (Wildman–Crippen LogP) is 4.62. The molecule has 4 rings (SSSR count). The highest BCUT2D eigenvalue weighted by Crippen LogP contribution is 2.29. The van der Waals surface area contributed by atoms with Gasteiger partial charge in [-0.3, -0.25) is 9.59 Å². The van der Waals surface area contributed by atoms with E-state index in [1.165, 1.54) is 0 Å². The number of nitrogen functional groups attached to an aromatic ring is 1. The molecule has 0 aliphatic rings. The van der Waals surface area contributed by atoms with Crippen molar-refractivity contribution >= 4 is 28.6 Å². The first-order chi connectivity index (χ1) is 14.0. The maximum Gasteiger partial charge on any atom is 0.259 e. The monoisotopic (exact) mass is 383 g/mol. The molecule has 29 heavy (non-hydrogen) atoms. The van der Waals surface area contributed by atoms with Crippen LogP contribution in [0.1, 0.15) is 37.5 Å². The molecule has 0 aliphatic heterocycles. The number of nitrogens with zero attached hydrogens (tertiary/aromatic N) is 1. The highest BCUT2D eigenvalue weighted by Gasteiger charge is 2.26. The molecular weight excluding hydrogens is 362 g/mol. The van der Waals surface area contributed by atoms with E-state index in [2.05, 4.69) is 5.32 Å². The zero-order valence-corrected chi connectivity index (χ0v) is 16.3. The Labute approximate surface area is 168 Å². The number of fused-ring (bicyclic) bond motifs is 1. The lowest BCUT2D eigenvalue weighted by Crippen LogP contribution is -2.15. The molecule has 0 unspecified atom stereocenters. The SMILES string of the molecule is Cc1ccc(C)c(NC(=O)c2c(N)c(C(=O)c3ccccc3)n3ccccc23)c1. The van der Waals surface area contributed by atoms with E-state index < -0.39 is 0 Å². The van der Waals surface area contributed by atoms with Gasteiger partial charge in [0.1, 0.15) is 5.69 Å². The predicted molar refractivity (Wildman–Crippen MR) is 116 cm³/mol. The summed E-state index contributed by atoms with van der Waals surface area (Å²) in [7, 11) is 0. The van der Waals surface area contributed by atoms with E-state index in [9.17, 15) is 9.59 Å². The van der Waals surface area contributed by atoms with Crippen molar-refractivity contribution in [2.45, 2.75) is 13.8 Å². The van der Waals surface area contributed by atoms with E-state index in [0.717, 1.165) is 16.8 Å².